The van der Waals surface area contributed by atoms with Gasteiger partial charge in [0.25, 0.3) is 10.0 Å². The summed E-state index contributed by atoms with van der Waals surface area (Å²) in [5, 5.41) is 4.23. The highest BCUT2D eigenvalue weighted by molar-refractivity contribution is 7.90. The molecule has 27 heavy (non-hydrogen) atoms. The van der Waals surface area contributed by atoms with Gasteiger partial charge in [0.05, 0.1) is 22.1 Å². The van der Waals surface area contributed by atoms with Gasteiger partial charge in [-0.05, 0) is 30.7 Å². The minimum Gasteiger partial charge on any atom is -0.308 e. The van der Waals surface area contributed by atoms with Crippen molar-refractivity contribution in [1.82, 2.24) is 9.29 Å². The Hall–Kier alpha value is -2.44. The maximum atomic E-state index is 13.5. The molecule has 1 saturated heterocycles. The van der Waals surface area contributed by atoms with Crippen molar-refractivity contribution in [2.45, 2.75) is 30.7 Å². The predicted molar refractivity (Wildman–Crippen MR) is 105 cm³/mol. The number of carbonyl (C=O) groups is 1. The summed E-state index contributed by atoms with van der Waals surface area (Å²) in [4.78, 5) is 12.7. The normalized spacial score (nSPS) is 20.9. The molecule has 0 spiro atoms. The summed E-state index contributed by atoms with van der Waals surface area (Å²) < 4.78 is 28.4. The van der Waals surface area contributed by atoms with Gasteiger partial charge >= 0.3 is 0 Å². The van der Waals surface area contributed by atoms with E-state index in [1.807, 2.05) is 37.3 Å². The van der Waals surface area contributed by atoms with Crippen LogP contribution in [0.2, 0.25) is 0 Å². The van der Waals surface area contributed by atoms with E-state index in [2.05, 4.69) is 5.32 Å². The molecule has 2 heterocycles. The number of fused-ring (bicyclic) bond motifs is 1. The molecular weight excluding hydrogens is 360 g/mol. The van der Waals surface area contributed by atoms with Gasteiger partial charge < -0.3 is 5.32 Å². The van der Waals surface area contributed by atoms with Crippen molar-refractivity contribution in [3.63, 3.8) is 0 Å². The van der Waals surface area contributed by atoms with E-state index in [1.54, 1.807) is 30.3 Å². The second-order valence-corrected chi connectivity index (χ2v) is 8.66. The Labute approximate surface area is 159 Å². The summed E-state index contributed by atoms with van der Waals surface area (Å²) in [6, 6.07) is 17.5. The van der Waals surface area contributed by atoms with Gasteiger partial charge in [-0.1, -0.05) is 43.3 Å². The van der Waals surface area contributed by atoms with Crippen molar-refractivity contribution < 1.29 is 13.2 Å². The average Bonchev–Trinajstić information content (AvgIpc) is 3.08. The molecule has 140 valence electrons. The number of ketones is 1. The zero-order valence-corrected chi connectivity index (χ0v) is 15.9. The largest absolute Gasteiger partial charge is 0.308 e. The molecule has 1 aromatic heterocycles. The molecule has 1 aliphatic heterocycles. The van der Waals surface area contributed by atoms with E-state index in [0.29, 0.717) is 30.6 Å². The zero-order chi connectivity index (χ0) is 19.0. The first-order valence-corrected chi connectivity index (χ1v) is 10.6. The lowest BCUT2D eigenvalue weighted by atomic mass is 9.86. The number of Topliss-reactive ketones (excluding diaryl/α,β-unsaturated/α-hetero) is 1. The molecule has 2 atom stereocenters. The third kappa shape index (κ3) is 2.99. The Balaban J connectivity index is 1.97. The van der Waals surface area contributed by atoms with E-state index in [4.69, 9.17) is 0 Å². The van der Waals surface area contributed by atoms with Crippen LogP contribution in [0, 0.1) is 5.92 Å². The fraction of sp³-hybridized carbons (Fsp3) is 0.286. The van der Waals surface area contributed by atoms with Crippen LogP contribution in [0.3, 0.4) is 0 Å². The first-order chi connectivity index (χ1) is 13.0. The molecule has 0 unspecified atom stereocenters. The van der Waals surface area contributed by atoms with Gasteiger partial charge in [-0.25, -0.2) is 12.4 Å². The van der Waals surface area contributed by atoms with Crippen LogP contribution < -0.4 is 5.32 Å². The van der Waals surface area contributed by atoms with Crippen molar-refractivity contribution in [3.05, 3.63) is 66.4 Å². The quantitative estimate of drug-likeness (QED) is 0.750. The number of aromatic nitrogens is 1. The Kier molecular flexibility index (Phi) is 4.61. The van der Waals surface area contributed by atoms with Crippen LogP contribution >= 0.6 is 0 Å². The van der Waals surface area contributed by atoms with Gasteiger partial charge in [0, 0.05) is 24.3 Å². The van der Waals surface area contributed by atoms with Gasteiger partial charge in [0.2, 0.25) is 0 Å². The van der Waals surface area contributed by atoms with Crippen LogP contribution in [-0.4, -0.2) is 24.7 Å². The standard InChI is InChI=1S/C21H22N2O3S/c1-2-17-20(24)12-13-22-21(17)19-14-15-8-6-7-11-18(15)23(19)27(25,26)16-9-4-3-5-10-16/h3-11,14,17,21-22H,2,12-13H2,1H3/t17-,21-/m0/s1. The molecule has 0 aliphatic carbocycles. The molecule has 2 aromatic carbocycles. The zero-order valence-electron chi connectivity index (χ0n) is 15.1. The van der Waals surface area contributed by atoms with Crippen molar-refractivity contribution in [1.29, 1.82) is 0 Å². The number of carbonyl (C=O) groups excluding carboxylic acids is 1. The lowest BCUT2D eigenvalue weighted by Gasteiger charge is -2.31. The van der Waals surface area contributed by atoms with Gasteiger partial charge in [-0.15, -0.1) is 0 Å². The minimum atomic E-state index is -3.79. The van der Waals surface area contributed by atoms with E-state index < -0.39 is 10.0 Å². The van der Waals surface area contributed by atoms with Crippen LogP contribution in [0.5, 0.6) is 0 Å². The van der Waals surface area contributed by atoms with Crippen LogP contribution in [0.25, 0.3) is 10.9 Å². The molecule has 3 aromatic rings. The number of nitrogens with one attached hydrogen (secondary N) is 1. The lowest BCUT2D eigenvalue weighted by molar-refractivity contribution is -0.125. The van der Waals surface area contributed by atoms with Crippen LogP contribution in [0.15, 0.2) is 65.6 Å². The summed E-state index contributed by atoms with van der Waals surface area (Å²) in [6.45, 7) is 2.54. The Morgan fingerprint density at radius 3 is 2.52 bits per heavy atom. The summed E-state index contributed by atoms with van der Waals surface area (Å²) in [5.74, 6) is -0.0389. The van der Waals surface area contributed by atoms with Crippen molar-refractivity contribution in [3.8, 4) is 0 Å². The fourth-order valence-corrected chi connectivity index (χ4v) is 5.55. The van der Waals surface area contributed by atoms with Gasteiger partial charge in [-0.2, -0.15) is 0 Å². The molecular formula is C21H22N2O3S. The molecule has 0 bridgehead atoms. The van der Waals surface area contributed by atoms with Gasteiger partial charge in [-0.3, -0.25) is 4.79 Å². The van der Waals surface area contributed by atoms with Gasteiger partial charge in [0.15, 0.2) is 0 Å². The highest BCUT2D eigenvalue weighted by Gasteiger charge is 2.36. The van der Waals surface area contributed by atoms with Crippen molar-refractivity contribution >= 4 is 26.7 Å². The van der Waals surface area contributed by atoms with Crippen LogP contribution in [0.1, 0.15) is 31.5 Å². The van der Waals surface area contributed by atoms with E-state index in [-0.39, 0.29) is 22.6 Å². The van der Waals surface area contributed by atoms with E-state index >= 15 is 0 Å². The van der Waals surface area contributed by atoms with Crippen LogP contribution in [-0.2, 0) is 14.8 Å². The number of nitrogens with zero attached hydrogens (tertiary/aromatic N) is 1. The summed E-state index contributed by atoms with van der Waals surface area (Å²) in [5.41, 5.74) is 1.26. The van der Waals surface area contributed by atoms with E-state index in [0.717, 1.165) is 5.39 Å². The number of para-hydroxylation sites is 1. The van der Waals surface area contributed by atoms with Crippen LogP contribution in [0.4, 0.5) is 0 Å². The molecule has 1 N–H and O–H groups in total. The van der Waals surface area contributed by atoms with Crippen molar-refractivity contribution in [2.75, 3.05) is 6.54 Å². The lowest BCUT2D eigenvalue weighted by Crippen LogP contribution is -2.41. The molecule has 5 nitrogen and oxygen atoms in total. The number of piperidine rings is 1. The summed E-state index contributed by atoms with van der Waals surface area (Å²) >= 11 is 0. The molecule has 1 aliphatic rings. The number of hydrogen-bond acceptors (Lipinski definition) is 4. The maximum Gasteiger partial charge on any atom is 0.268 e. The third-order valence-corrected chi connectivity index (χ3v) is 7.04. The summed E-state index contributed by atoms with van der Waals surface area (Å²) in [7, 11) is -3.79. The molecule has 0 radical (unpaired) electrons. The SMILES string of the molecule is CC[C@H]1C(=O)CCN[C@@H]1c1cc2ccccc2n1S(=O)(=O)c1ccccc1. The summed E-state index contributed by atoms with van der Waals surface area (Å²) in [6.07, 6.45) is 1.16. The molecule has 6 heteroatoms. The fourth-order valence-electron chi connectivity index (χ4n) is 3.97. The number of benzene rings is 2. The molecule has 0 saturated carbocycles. The first-order valence-electron chi connectivity index (χ1n) is 9.21. The number of rotatable bonds is 4. The third-order valence-electron chi connectivity index (χ3n) is 5.28. The topological polar surface area (TPSA) is 68.2 Å². The Bertz CT molecular complexity index is 1090. The monoisotopic (exact) mass is 382 g/mol. The van der Waals surface area contributed by atoms with Gasteiger partial charge in [0.1, 0.15) is 5.78 Å². The highest BCUT2D eigenvalue weighted by Crippen LogP contribution is 2.35. The highest BCUT2D eigenvalue weighted by atomic mass is 32.2. The molecule has 0 amide bonds. The second kappa shape index (κ2) is 6.94. The van der Waals surface area contributed by atoms with E-state index in [1.165, 1.54) is 3.97 Å². The molecule has 4 rings (SSSR count). The van der Waals surface area contributed by atoms with E-state index in [9.17, 15) is 13.2 Å². The minimum absolute atomic E-state index is 0.190. The average molecular weight is 382 g/mol. The molecule has 1 fully saturated rings. The first kappa shape index (κ1) is 17.9. The van der Waals surface area contributed by atoms with Crippen molar-refractivity contribution in [2.24, 2.45) is 5.92 Å². The maximum absolute atomic E-state index is 13.5. The predicted octanol–water partition coefficient (Wildman–Crippen LogP) is 3.51. The second-order valence-electron chi connectivity index (χ2n) is 6.87. The smallest absolute Gasteiger partial charge is 0.268 e. The Morgan fingerprint density at radius 1 is 1.07 bits per heavy atom. The number of hydrogen-bond donors (Lipinski definition) is 1. The Morgan fingerprint density at radius 2 is 1.78 bits per heavy atom.